The lowest BCUT2D eigenvalue weighted by Crippen LogP contribution is -1.91. The van der Waals surface area contributed by atoms with Gasteiger partial charge in [-0.1, -0.05) is 12.1 Å². The van der Waals surface area contributed by atoms with Gasteiger partial charge in [-0.25, -0.2) is 0 Å². The molecule has 0 unspecified atom stereocenters. The van der Waals surface area contributed by atoms with Crippen molar-refractivity contribution in [2.45, 2.75) is 12.8 Å². The predicted molar refractivity (Wildman–Crippen MR) is 74.9 cm³/mol. The number of aliphatic hydroxyl groups is 1. The zero-order valence-electron chi connectivity index (χ0n) is 11.0. The Labute approximate surface area is 113 Å². The van der Waals surface area contributed by atoms with Crippen LogP contribution in [0.5, 0.6) is 17.2 Å². The van der Waals surface area contributed by atoms with Crippen LogP contribution < -0.4 is 9.47 Å². The molecule has 0 aliphatic carbocycles. The maximum atomic E-state index is 8.84. The molecule has 2 rings (SSSR count). The van der Waals surface area contributed by atoms with Crippen LogP contribution in [-0.4, -0.2) is 18.8 Å². The fourth-order valence-electron chi connectivity index (χ4n) is 1.83. The summed E-state index contributed by atoms with van der Waals surface area (Å²) in [5.41, 5.74) is 1.17. The van der Waals surface area contributed by atoms with Crippen molar-refractivity contribution in [3.63, 3.8) is 0 Å². The number of hydrogen-bond donors (Lipinski definition) is 1. The number of methoxy groups -OCH3 is 1. The highest BCUT2D eigenvalue weighted by Gasteiger charge is 2.00. The zero-order valence-corrected chi connectivity index (χ0v) is 11.0. The van der Waals surface area contributed by atoms with Crippen LogP contribution in [0.4, 0.5) is 0 Å². The van der Waals surface area contributed by atoms with Crippen molar-refractivity contribution in [1.29, 1.82) is 0 Å². The second-order valence-electron chi connectivity index (χ2n) is 4.25. The van der Waals surface area contributed by atoms with Crippen molar-refractivity contribution >= 4 is 0 Å². The van der Waals surface area contributed by atoms with Crippen molar-refractivity contribution in [2.75, 3.05) is 13.7 Å². The normalized spacial score (nSPS) is 10.2. The second-order valence-corrected chi connectivity index (χ2v) is 4.25. The number of ether oxygens (including phenoxy) is 2. The van der Waals surface area contributed by atoms with Crippen molar-refractivity contribution < 1.29 is 14.6 Å². The SMILES string of the molecule is COc1ccc(Oc2cccc(CCCO)c2)cc1. The van der Waals surface area contributed by atoms with Gasteiger partial charge in [0.05, 0.1) is 7.11 Å². The number of aliphatic hydroxyl groups excluding tert-OH is 1. The molecule has 1 N–H and O–H groups in total. The van der Waals surface area contributed by atoms with E-state index in [1.165, 1.54) is 5.56 Å². The fourth-order valence-corrected chi connectivity index (χ4v) is 1.83. The zero-order chi connectivity index (χ0) is 13.5. The van der Waals surface area contributed by atoms with Crippen LogP contribution in [0, 0.1) is 0 Å². The van der Waals surface area contributed by atoms with Gasteiger partial charge in [-0.05, 0) is 54.8 Å². The fraction of sp³-hybridized carbons (Fsp3) is 0.250. The Morgan fingerprint density at radius 2 is 1.68 bits per heavy atom. The Kier molecular flexibility index (Phi) is 4.81. The van der Waals surface area contributed by atoms with E-state index in [-0.39, 0.29) is 6.61 Å². The Hall–Kier alpha value is -2.00. The summed E-state index contributed by atoms with van der Waals surface area (Å²) in [5.74, 6) is 2.39. The molecule has 3 heteroatoms. The van der Waals surface area contributed by atoms with Gasteiger partial charge in [-0.15, -0.1) is 0 Å². The molecular weight excluding hydrogens is 240 g/mol. The van der Waals surface area contributed by atoms with E-state index in [2.05, 4.69) is 0 Å². The topological polar surface area (TPSA) is 38.7 Å². The van der Waals surface area contributed by atoms with Gasteiger partial charge in [0.25, 0.3) is 0 Å². The molecule has 0 bridgehead atoms. The van der Waals surface area contributed by atoms with Crippen molar-refractivity contribution in [1.82, 2.24) is 0 Å². The third-order valence-electron chi connectivity index (χ3n) is 2.82. The maximum absolute atomic E-state index is 8.84. The van der Waals surface area contributed by atoms with E-state index >= 15 is 0 Å². The first-order chi connectivity index (χ1) is 9.31. The van der Waals surface area contributed by atoms with E-state index < -0.39 is 0 Å². The van der Waals surface area contributed by atoms with Gasteiger partial charge in [0.15, 0.2) is 0 Å². The summed E-state index contributed by atoms with van der Waals surface area (Å²) in [6.45, 7) is 0.212. The molecule has 0 aliphatic heterocycles. The van der Waals surface area contributed by atoms with Gasteiger partial charge >= 0.3 is 0 Å². The largest absolute Gasteiger partial charge is 0.497 e. The van der Waals surface area contributed by atoms with Crippen LogP contribution in [-0.2, 0) is 6.42 Å². The van der Waals surface area contributed by atoms with Crippen LogP contribution in [0.1, 0.15) is 12.0 Å². The minimum Gasteiger partial charge on any atom is -0.497 e. The molecule has 0 aromatic heterocycles. The van der Waals surface area contributed by atoms with Crippen LogP contribution in [0.25, 0.3) is 0 Å². The summed E-state index contributed by atoms with van der Waals surface area (Å²) in [5, 5.41) is 8.84. The van der Waals surface area contributed by atoms with Crippen molar-refractivity contribution in [3.05, 3.63) is 54.1 Å². The van der Waals surface area contributed by atoms with Gasteiger partial charge in [0, 0.05) is 6.61 Å². The molecular formula is C16H18O3. The Balaban J connectivity index is 2.05. The summed E-state index contributed by atoms with van der Waals surface area (Å²) < 4.78 is 10.9. The molecule has 100 valence electrons. The predicted octanol–water partition coefficient (Wildman–Crippen LogP) is 3.41. The van der Waals surface area contributed by atoms with Crippen LogP contribution >= 0.6 is 0 Å². The van der Waals surface area contributed by atoms with Crippen molar-refractivity contribution in [2.24, 2.45) is 0 Å². The highest BCUT2D eigenvalue weighted by Crippen LogP contribution is 2.24. The third-order valence-corrected chi connectivity index (χ3v) is 2.82. The van der Waals surface area contributed by atoms with Crippen LogP contribution in [0.3, 0.4) is 0 Å². The molecule has 2 aromatic carbocycles. The summed E-state index contributed by atoms with van der Waals surface area (Å²) >= 11 is 0. The van der Waals surface area contributed by atoms with Gasteiger partial charge in [-0.3, -0.25) is 0 Å². The first-order valence-electron chi connectivity index (χ1n) is 6.33. The van der Waals surface area contributed by atoms with Crippen LogP contribution in [0.2, 0.25) is 0 Å². The lowest BCUT2D eigenvalue weighted by molar-refractivity contribution is 0.288. The van der Waals surface area contributed by atoms with Gasteiger partial charge < -0.3 is 14.6 Å². The standard InChI is InChI=1S/C16H18O3/c1-18-14-7-9-15(10-8-14)19-16-6-2-4-13(12-16)5-3-11-17/h2,4,6-10,12,17H,3,5,11H2,1H3. The summed E-state index contributed by atoms with van der Waals surface area (Å²) in [6.07, 6.45) is 1.63. The quantitative estimate of drug-likeness (QED) is 0.863. The first kappa shape index (κ1) is 13.4. The monoisotopic (exact) mass is 258 g/mol. The minimum atomic E-state index is 0.212. The van der Waals surface area contributed by atoms with Crippen LogP contribution in [0.15, 0.2) is 48.5 Å². The van der Waals surface area contributed by atoms with Crippen molar-refractivity contribution in [3.8, 4) is 17.2 Å². The number of rotatable bonds is 6. The number of benzene rings is 2. The van der Waals surface area contributed by atoms with Gasteiger partial charge in [-0.2, -0.15) is 0 Å². The third kappa shape index (κ3) is 4.00. The Morgan fingerprint density at radius 3 is 2.37 bits per heavy atom. The summed E-state index contributed by atoms with van der Waals surface area (Å²) in [6, 6.07) is 15.4. The van der Waals surface area contributed by atoms with E-state index in [1.807, 2.05) is 48.5 Å². The van der Waals surface area contributed by atoms with Gasteiger partial charge in [0.2, 0.25) is 0 Å². The summed E-state index contributed by atoms with van der Waals surface area (Å²) in [4.78, 5) is 0. The molecule has 0 spiro atoms. The smallest absolute Gasteiger partial charge is 0.127 e. The summed E-state index contributed by atoms with van der Waals surface area (Å²) in [7, 11) is 1.64. The molecule has 3 nitrogen and oxygen atoms in total. The molecule has 0 amide bonds. The van der Waals surface area contributed by atoms with E-state index in [0.29, 0.717) is 0 Å². The lowest BCUT2D eigenvalue weighted by Gasteiger charge is -2.08. The first-order valence-corrected chi connectivity index (χ1v) is 6.33. The Morgan fingerprint density at radius 1 is 0.947 bits per heavy atom. The second kappa shape index (κ2) is 6.81. The number of hydrogen-bond acceptors (Lipinski definition) is 3. The average Bonchev–Trinajstić information content (AvgIpc) is 2.46. The van der Waals surface area contributed by atoms with E-state index in [4.69, 9.17) is 14.6 Å². The molecule has 0 atom stereocenters. The lowest BCUT2D eigenvalue weighted by atomic mass is 10.1. The molecule has 0 aliphatic rings. The molecule has 0 radical (unpaired) electrons. The molecule has 2 aromatic rings. The highest BCUT2D eigenvalue weighted by molar-refractivity contribution is 5.36. The van der Waals surface area contributed by atoms with E-state index in [9.17, 15) is 0 Å². The molecule has 0 fully saturated rings. The number of aryl methyl sites for hydroxylation is 1. The molecule has 19 heavy (non-hydrogen) atoms. The van der Waals surface area contributed by atoms with Gasteiger partial charge in [0.1, 0.15) is 17.2 Å². The molecule has 0 heterocycles. The Bertz CT molecular complexity index is 506. The van der Waals surface area contributed by atoms with E-state index in [0.717, 1.165) is 30.1 Å². The highest BCUT2D eigenvalue weighted by atomic mass is 16.5. The average molecular weight is 258 g/mol. The molecule has 0 saturated heterocycles. The maximum Gasteiger partial charge on any atom is 0.127 e. The molecule has 0 saturated carbocycles. The van der Waals surface area contributed by atoms with E-state index in [1.54, 1.807) is 7.11 Å². The minimum absolute atomic E-state index is 0.212.